The van der Waals surface area contributed by atoms with Gasteiger partial charge in [-0.1, -0.05) is 23.7 Å². The highest BCUT2D eigenvalue weighted by molar-refractivity contribution is 7.16. The standard InChI is InChI=1S/C17H17ClFNO2S/c18-15-7-6-14(23-15)16(11-3-1-5-13(19)9-11)20-8-2-4-12(10-20)17(21)22/h1,3,5-7,9,12,16H,2,4,8,10H2,(H,21,22). The molecule has 1 fully saturated rings. The Morgan fingerprint density at radius 1 is 1.39 bits per heavy atom. The highest BCUT2D eigenvalue weighted by Crippen LogP contribution is 2.37. The van der Waals surface area contributed by atoms with Crippen molar-refractivity contribution in [2.75, 3.05) is 13.1 Å². The molecule has 1 aliphatic rings. The Bertz CT molecular complexity index is 705. The minimum Gasteiger partial charge on any atom is -0.481 e. The van der Waals surface area contributed by atoms with Gasteiger partial charge in [-0.25, -0.2) is 4.39 Å². The molecule has 6 heteroatoms. The lowest BCUT2D eigenvalue weighted by atomic mass is 9.94. The van der Waals surface area contributed by atoms with Crippen molar-refractivity contribution < 1.29 is 14.3 Å². The van der Waals surface area contributed by atoms with Crippen LogP contribution in [0.3, 0.4) is 0 Å². The Morgan fingerprint density at radius 2 is 2.22 bits per heavy atom. The van der Waals surface area contributed by atoms with Gasteiger partial charge in [0, 0.05) is 11.4 Å². The summed E-state index contributed by atoms with van der Waals surface area (Å²) in [7, 11) is 0. The molecule has 0 radical (unpaired) electrons. The van der Waals surface area contributed by atoms with E-state index in [-0.39, 0.29) is 17.8 Å². The summed E-state index contributed by atoms with van der Waals surface area (Å²) in [5, 5.41) is 9.32. The van der Waals surface area contributed by atoms with E-state index in [0.29, 0.717) is 17.3 Å². The SMILES string of the molecule is O=C(O)C1CCCN(C(c2cccc(F)c2)c2ccc(Cl)s2)C1. The van der Waals surface area contributed by atoms with Crippen molar-refractivity contribution in [1.82, 2.24) is 4.90 Å². The van der Waals surface area contributed by atoms with Gasteiger partial charge in [0.25, 0.3) is 0 Å². The van der Waals surface area contributed by atoms with Crippen LogP contribution >= 0.6 is 22.9 Å². The fourth-order valence-electron chi connectivity index (χ4n) is 3.15. The number of halogens is 2. The second kappa shape index (κ2) is 6.99. The third-order valence-electron chi connectivity index (χ3n) is 4.20. The Kier molecular flexibility index (Phi) is 4.99. The number of carboxylic acids is 1. The van der Waals surface area contributed by atoms with E-state index in [4.69, 9.17) is 11.6 Å². The Morgan fingerprint density at radius 3 is 2.87 bits per heavy atom. The zero-order valence-corrected chi connectivity index (χ0v) is 14.0. The van der Waals surface area contributed by atoms with E-state index in [1.807, 2.05) is 18.2 Å². The van der Waals surface area contributed by atoms with E-state index in [2.05, 4.69) is 4.90 Å². The van der Waals surface area contributed by atoms with Crippen LogP contribution in [-0.2, 0) is 4.79 Å². The Hall–Kier alpha value is -1.43. The number of benzene rings is 1. The zero-order valence-electron chi connectivity index (χ0n) is 12.4. The highest BCUT2D eigenvalue weighted by Gasteiger charge is 2.32. The molecule has 0 aliphatic carbocycles. The molecule has 0 saturated carbocycles. The number of carbonyl (C=O) groups is 1. The maximum atomic E-state index is 13.7. The molecule has 1 aromatic carbocycles. The number of nitrogens with zero attached hydrogens (tertiary/aromatic N) is 1. The number of piperidine rings is 1. The molecule has 1 saturated heterocycles. The Balaban J connectivity index is 1.96. The molecule has 0 bridgehead atoms. The van der Waals surface area contributed by atoms with Gasteiger partial charge in [-0.3, -0.25) is 9.69 Å². The fourth-order valence-corrected chi connectivity index (χ4v) is 4.37. The lowest BCUT2D eigenvalue weighted by Crippen LogP contribution is -2.41. The molecule has 1 aromatic heterocycles. The Labute approximate surface area is 143 Å². The molecule has 2 heterocycles. The van der Waals surface area contributed by atoms with Crippen LogP contribution in [0, 0.1) is 11.7 Å². The van der Waals surface area contributed by atoms with E-state index in [1.165, 1.54) is 23.5 Å². The third kappa shape index (κ3) is 3.74. The molecule has 3 rings (SSSR count). The normalized spacial score (nSPS) is 20.3. The molecule has 0 amide bonds. The minimum atomic E-state index is -0.767. The third-order valence-corrected chi connectivity index (χ3v) is 5.48. The maximum Gasteiger partial charge on any atom is 0.307 e. The van der Waals surface area contributed by atoms with E-state index in [9.17, 15) is 14.3 Å². The molecule has 2 unspecified atom stereocenters. The van der Waals surface area contributed by atoms with Gasteiger partial charge in [0.1, 0.15) is 5.82 Å². The number of hydrogen-bond acceptors (Lipinski definition) is 3. The first-order valence-electron chi connectivity index (χ1n) is 7.52. The van der Waals surface area contributed by atoms with Crippen molar-refractivity contribution >= 4 is 28.9 Å². The smallest absolute Gasteiger partial charge is 0.307 e. The summed E-state index contributed by atoms with van der Waals surface area (Å²) in [5.41, 5.74) is 0.828. The quantitative estimate of drug-likeness (QED) is 0.884. The van der Waals surface area contributed by atoms with Crippen LogP contribution in [0.2, 0.25) is 4.34 Å². The van der Waals surface area contributed by atoms with Crippen LogP contribution in [0.15, 0.2) is 36.4 Å². The number of rotatable bonds is 4. The number of hydrogen-bond donors (Lipinski definition) is 1. The van der Waals surface area contributed by atoms with Crippen molar-refractivity contribution in [2.24, 2.45) is 5.92 Å². The van der Waals surface area contributed by atoms with Gasteiger partial charge in [0.05, 0.1) is 16.3 Å². The van der Waals surface area contributed by atoms with Crippen LogP contribution in [0.1, 0.15) is 29.3 Å². The summed E-state index contributed by atoms with van der Waals surface area (Å²) >= 11 is 7.53. The van der Waals surface area contributed by atoms with E-state index < -0.39 is 5.97 Å². The number of carboxylic acid groups (broad SMARTS) is 1. The second-order valence-corrected chi connectivity index (χ2v) is 7.52. The zero-order chi connectivity index (χ0) is 16.4. The molecular formula is C17H17ClFNO2S. The summed E-state index contributed by atoms with van der Waals surface area (Å²) in [6, 6.07) is 10.1. The summed E-state index contributed by atoms with van der Waals surface area (Å²) in [6.07, 6.45) is 1.51. The van der Waals surface area contributed by atoms with Crippen molar-refractivity contribution in [3.63, 3.8) is 0 Å². The molecule has 2 atom stereocenters. The molecule has 3 nitrogen and oxygen atoms in total. The monoisotopic (exact) mass is 353 g/mol. The molecule has 23 heavy (non-hydrogen) atoms. The minimum absolute atomic E-state index is 0.162. The summed E-state index contributed by atoms with van der Waals surface area (Å²) in [6.45, 7) is 1.26. The molecule has 122 valence electrons. The maximum absolute atomic E-state index is 13.7. The van der Waals surface area contributed by atoms with Gasteiger partial charge < -0.3 is 5.11 Å². The van der Waals surface area contributed by atoms with Crippen LogP contribution in [-0.4, -0.2) is 29.1 Å². The molecule has 1 aliphatic heterocycles. The summed E-state index contributed by atoms with van der Waals surface area (Å²) < 4.78 is 14.4. The first kappa shape index (κ1) is 16.4. The van der Waals surface area contributed by atoms with Crippen LogP contribution in [0.5, 0.6) is 0 Å². The van der Waals surface area contributed by atoms with E-state index in [0.717, 1.165) is 23.4 Å². The lowest BCUT2D eigenvalue weighted by Gasteiger charge is -2.37. The molecular weight excluding hydrogens is 337 g/mol. The van der Waals surface area contributed by atoms with Crippen molar-refractivity contribution in [3.8, 4) is 0 Å². The van der Waals surface area contributed by atoms with Crippen molar-refractivity contribution in [3.05, 3.63) is 57.0 Å². The largest absolute Gasteiger partial charge is 0.481 e. The molecule has 2 aromatic rings. The van der Waals surface area contributed by atoms with Gasteiger partial charge >= 0.3 is 5.97 Å². The first-order valence-corrected chi connectivity index (χ1v) is 8.71. The molecule has 0 spiro atoms. The average molecular weight is 354 g/mol. The predicted octanol–water partition coefficient (Wildman–Crippen LogP) is 4.43. The van der Waals surface area contributed by atoms with Gasteiger partial charge in [-0.2, -0.15) is 0 Å². The first-order chi connectivity index (χ1) is 11.0. The topological polar surface area (TPSA) is 40.5 Å². The fraction of sp³-hybridized carbons (Fsp3) is 0.353. The number of thiophene rings is 1. The molecule has 1 N–H and O–H groups in total. The van der Waals surface area contributed by atoms with Crippen LogP contribution < -0.4 is 0 Å². The van der Waals surface area contributed by atoms with Crippen LogP contribution in [0.4, 0.5) is 4.39 Å². The van der Waals surface area contributed by atoms with Gasteiger partial charge in [-0.15, -0.1) is 11.3 Å². The number of aliphatic carboxylic acids is 1. The van der Waals surface area contributed by atoms with Crippen molar-refractivity contribution in [1.29, 1.82) is 0 Å². The van der Waals surface area contributed by atoms with Gasteiger partial charge in [-0.05, 0) is 49.2 Å². The van der Waals surface area contributed by atoms with Crippen LogP contribution in [0.25, 0.3) is 0 Å². The van der Waals surface area contributed by atoms with E-state index in [1.54, 1.807) is 6.07 Å². The van der Waals surface area contributed by atoms with E-state index >= 15 is 0 Å². The predicted molar refractivity (Wildman–Crippen MR) is 89.5 cm³/mol. The van der Waals surface area contributed by atoms with Crippen molar-refractivity contribution in [2.45, 2.75) is 18.9 Å². The summed E-state index contributed by atoms with van der Waals surface area (Å²) in [4.78, 5) is 14.5. The van der Waals surface area contributed by atoms with Gasteiger partial charge in [0.2, 0.25) is 0 Å². The highest BCUT2D eigenvalue weighted by atomic mass is 35.5. The summed E-state index contributed by atoms with van der Waals surface area (Å²) in [5.74, 6) is -1.44. The second-order valence-electron chi connectivity index (χ2n) is 5.77. The van der Waals surface area contributed by atoms with Gasteiger partial charge in [0.15, 0.2) is 0 Å². The average Bonchev–Trinajstić information content (AvgIpc) is 2.94. The number of likely N-dealkylation sites (tertiary alicyclic amines) is 1. The lowest BCUT2D eigenvalue weighted by molar-refractivity contribution is -0.143.